The van der Waals surface area contributed by atoms with E-state index < -0.39 is 0 Å². The minimum absolute atomic E-state index is 0.794. The number of nitrogens with zero attached hydrogens (tertiary/aromatic N) is 2. The van der Waals surface area contributed by atoms with Crippen LogP contribution < -0.4 is 4.90 Å². The van der Waals surface area contributed by atoms with Gasteiger partial charge in [-0.05, 0) is 30.3 Å². The van der Waals surface area contributed by atoms with Gasteiger partial charge in [0.25, 0.3) is 0 Å². The fourth-order valence-corrected chi connectivity index (χ4v) is 2.58. The first-order valence-corrected chi connectivity index (χ1v) is 6.93. The minimum Gasteiger partial charge on any atom is -0.472 e. The Morgan fingerprint density at radius 1 is 1.00 bits per heavy atom. The Kier molecular flexibility index (Phi) is 3.76. The maximum Gasteiger partial charge on any atom is 0.0947 e. The molecule has 0 radical (unpaired) electrons. The highest BCUT2D eigenvalue weighted by Gasteiger charge is 2.17. The van der Waals surface area contributed by atoms with Crippen molar-refractivity contribution in [3.05, 3.63) is 53.4 Å². The lowest BCUT2D eigenvalue weighted by molar-refractivity contribution is 0.249. The van der Waals surface area contributed by atoms with E-state index in [1.54, 1.807) is 6.26 Å². The van der Waals surface area contributed by atoms with Gasteiger partial charge in [-0.1, -0.05) is 11.6 Å². The predicted octanol–water partition coefficient (Wildman–Crippen LogP) is 3.26. The van der Waals surface area contributed by atoms with Crippen molar-refractivity contribution in [3.63, 3.8) is 0 Å². The SMILES string of the molecule is Clc1ccc(N2CCN(Cc3ccoc3)CC2)cc1. The van der Waals surface area contributed by atoms with E-state index in [1.165, 1.54) is 11.3 Å². The molecule has 0 atom stereocenters. The summed E-state index contributed by atoms with van der Waals surface area (Å²) in [6, 6.07) is 10.1. The summed E-state index contributed by atoms with van der Waals surface area (Å²) in [6.07, 6.45) is 3.56. The molecule has 1 aliphatic heterocycles. The van der Waals surface area contributed by atoms with Crippen molar-refractivity contribution in [2.75, 3.05) is 31.1 Å². The molecule has 0 amide bonds. The highest BCUT2D eigenvalue weighted by Crippen LogP contribution is 2.20. The van der Waals surface area contributed by atoms with Crippen molar-refractivity contribution in [1.82, 2.24) is 4.90 Å². The Bertz CT molecular complexity index is 501. The van der Waals surface area contributed by atoms with Crippen LogP contribution in [-0.2, 0) is 6.54 Å². The van der Waals surface area contributed by atoms with E-state index >= 15 is 0 Å². The fraction of sp³-hybridized carbons (Fsp3) is 0.333. The number of hydrogen-bond donors (Lipinski definition) is 0. The number of halogens is 1. The first-order chi connectivity index (χ1) is 9.31. The first-order valence-electron chi connectivity index (χ1n) is 6.55. The summed E-state index contributed by atoms with van der Waals surface area (Å²) in [5, 5.41) is 0.794. The quantitative estimate of drug-likeness (QED) is 0.858. The smallest absolute Gasteiger partial charge is 0.0947 e. The van der Waals surface area contributed by atoms with Crippen LogP contribution >= 0.6 is 11.6 Å². The Balaban J connectivity index is 1.56. The Morgan fingerprint density at radius 2 is 1.74 bits per heavy atom. The van der Waals surface area contributed by atoms with Crippen LogP contribution in [0.25, 0.3) is 0 Å². The van der Waals surface area contributed by atoms with Gasteiger partial charge < -0.3 is 9.32 Å². The molecule has 1 aromatic carbocycles. The van der Waals surface area contributed by atoms with Gasteiger partial charge in [0.05, 0.1) is 12.5 Å². The van der Waals surface area contributed by atoms with Gasteiger partial charge in [-0.15, -0.1) is 0 Å². The molecular formula is C15H17ClN2O. The highest BCUT2D eigenvalue weighted by atomic mass is 35.5. The summed E-state index contributed by atoms with van der Waals surface area (Å²) in [5.74, 6) is 0. The minimum atomic E-state index is 0.794. The second-order valence-electron chi connectivity index (χ2n) is 4.87. The molecule has 0 bridgehead atoms. The largest absolute Gasteiger partial charge is 0.472 e. The second-order valence-corrected chi connectivity index (χ2v) is 5.31. The van der Waals surface area contributed by atoms with Crippen LogP contribution in [-0.4, -0.2) is 31.1 Å². The van der Waals surface area contributed by atoms with Crippen LogP contribution in [0, 0.1) is 0 Å². The number of benzene rings is 1. The third-order valence-electron chi connectivity index (χ3n) is 3.55. The average molecular weight is 277 g/mol. The third kappa shape index (κ3) is 3.11. The van der Waals surface area contributed by atoms with Crippen molar-refractivity contribution in [1.29, 1.82) is 0 Å². The van der Waals surface area contributed by atoms with E-state index in [0.29, 0.717) is 0 Å². The van der Waals surface area contributed by atoms with Crippen LogP contribution in [0.5, 0.6) is 0 Å². The molecule has 0 saturated carbocycles. The molecule has 1 fully saturated rings. The van der Waals surface area contributed by atoms with Crippen molar-refractivity contribution in [2.24, 2.45) is 0 Å². The molecule has 3 rings (SSSR count). The van der Waals surface area contributed by atoms with Gasteiger partial charge in [-0.3, -0.25) is 4.90 Å². The van der Waals surface area contributed by atoms with Gasteiger partial charge in [0.2, 0.25) is 0 Å². The molecule has 1 aliphatic rings. The van der Waals surface area contributed by atoms with E-state index in [-0.39, 0.29) is 0 Å². The van der Waals surface area contributed by atoms with E-state index in [2.05, 4.69) is 21.9 Å². The molecule has 4 heteroatoms. The lowest BCUT2D eigenvalue weighted by Gasteiger charge is -2.35. The zero-order valence-corrected chi connectivity index (χ0v) is 11.5. The summed E-state index contributed by atoms with van der Waals surface area (Å²) in [4.78, 5) is 4.86. The predicted molar refractivity (Wildman–Crippen MR) is 77.7 cm³/mol. The van der Waals surface area contributed by atoms with Gasteiger partial charge in [0, 0.05) is 49.0 Å². The van der Waals surface area contributed by atoms with Crippen LogP contribution in [0.4, 0.5) is 5.69 Å². The number of rotatable bonds is 3. The van der Waals surface area contributed by atoms with Crippen LogP contribution in [0.2, 0.25) is 5.02 Å². The van der Waals surface area contributed by atoms with Crippen molar-refractivity contribution >= 4 is 17.3 Å². The molecule has 3 nitrogen and oxygen atoms in total. The average Bonchev–Trinajstić information content (AvgIpc) is 2.94. The standard InChI is InChI=1S/C15H17ClN2O/c16-14-1-3-15(4-2-14)18-8-6-17(7-9-18)11-13-5-10-19-12-13/h1-5,10,12H,6-9,11H2. The lowest BCUT2D eigenvalue weighted by atomic mass is 10.2. The maximum atomic E-state index is 5.92. The van der Waals surface area contributed by atoms with E-state index in [9.17, 15) is 0 Å². The van der Waals surface area contributed by atoms with Crippen molar-refractivity contribution in [3.8, 4) is 0 Å². The van der Waals surface area contributed by atoms with Gasteiger partial charge in [0.1, 0.15) is 0 Å². The fourth-order valence-electron chi connectivity index (χ4n) is 2.46. The highest BCUT2D eigenvalue weighted by molar-refractivity contribution is 6.30. The Morgan fingerprint density at radius 3 is 2.37 bits per heavy atom. The number of furan rings is 1. The summed E-state index contributed by atoms with van der Waals surface area (Å²) in [5.41, 5.74) is 2.51. The van der Waals surface area contributed by atoms with E-state index in [4.69, 9.17) is 16.0 Å². The third-order valence-corrected chi connectivity index (χ3v) is 3.80. The van der Waals surface area contributed by atoms with Crippen LogP contribution in [0.1, 0.15) is 5.56 Å². The second kappa shape index (κ2) is 5.68. The molecule has 2 aromatic rings. The summed E-state index contributed by atoms with van der Waals surface area (Å²) in [7, 11) is 0. The Labute approximate surface area is 118 Å². The normalized spacial score (nSPS) is 16.8. The maximum absolute atomic E-state index is 5.92. The molecule has 1 saturated heterocycles. The first kappa shape index (κ1) is 12.6. The van der Waals surface area contributed by atoms with Crippen LogP contribution in [0.15, 0.2) is 47.3 Å². The summed E-state index contributed by atoms with van der Waals surface area (Å²) in [6.45, 7) is 5.24. The van der Waals surface area contributed by atoms with Gasteiger partial charge >= 0.3 is 0 Å². The van der Waals surface area contributed by atoms with E-state index in [1.807, 2.05) is 24.5 Å². The van der Waals surface area contributed by atoms with Gasteiger partial charge in [-0.2, -0.15) is 0 Å². The topological polar surface area (TPSA) is 19.6 Å². The number of piperazine rings is 1. The molecule has 2 heterocycles. The zero-order valence-electron chi connectivity index (χ0n) is 10.8. The molecule has 0 aliphatic carbocycles. The van der Waals surface area contributed by atoms with Crippen LogP contribution in [0.3, 0.4) is 0 Å². The summed E-state index contributed by atoms with van der Waals surface area (Å²) < 4.78 is 5.11. The van der Waals surface area contributed by atoms with E-state index in [0.717, 1.165) is 37.7 Å². The van der Waals surface area contributed by atoms with Crippen molar-refractivity contribution in [2.45, 2.75) is 6.54 Å². The molecule has 1 aromatic heterocycles. The number of hydrogen-bond acceptors (Lipinski definition) is 3. The zero-order chi connectivity index (χ0) is 13.1. The molecule has 0 N–H and O–H groups in total. The molecule has 0 spiro atoms. The Hall–Kier alpha value is -1.45. The number of anilines is 1. The molecule has 100 valence electrons. The van der Waals surface area contributed by atoms with Gasteiger partial charge in [-0.25, -0.2) is 0 Å². The molecular weight excluding hydrogens is 260 g/mol. The van der Waals surface area contributed by atoms with Crippen molar-refractivity contribution < 1.29 is 4.42 Å². The molecule has 19 heavy (non-hydrogen) atoms. The molecule has 0 unspecified atom stereocenters. The monoisotopic (exact) mass is 276 g/mol. The summed E-state index contributed by atoms with van der Waals surface area (Å²) >= 11 is 5.92. The van der Waals surface area contributed by atoms with Gasteiger partial charge in [0.15, 0.2) is 0 Å². The lowest BCUT2D eigenvalue weighted by Crippen LogP contribution is -2.45.